The molecule has 0 aliphatic rings. The second kappa shape index (κ2) is 8.53. The molecule has 0 aliphatic heterocycles. The highest BCUT2D eigenvalue weighted by molar-refractivity contribution is 5.85. The van der Waals surface area contributed by atoms with Gasteiger partial charge in [0.05, 0.1) is 0 Å². The minimum Gasteiger partial charge on any atom is -0.293 e. The van der Waals surface area contributed by atoms with Crippen LogP contribution in [-0.2, 0) is 12.1 Å². The van der Waals surface area contributed by atoms with Gasteiger partial charge < -0.3 is 0 Å². The summed E-state index contributed by atoms with van der Waals surface area (Å²) in [7, 11) is 2.21. The van der Waals surface area contributed by atoms with E-state index in [0.29, 0.717) is 0 Å². The molecule has 0 radical (unpaired) electrons. The van der Waals surface area contributed by atoms with Gasteiger partial charge in [-0.15, -0.1) is 12.4 Å². The molecule has 136 valence electrons. The van der Waals surface area contributed by atoms with Gasteiger partial charge in [0.15, 0.2) is 0 Å². The number of rotatable bonds is 5. The summed E-state index contributed by atoms with van der Waals surface area (Å²) in [6.07, 6.45) is 0. The highest BCUT2D eigenvalue weighted by Gasteiger charge is 2.26. The minimum atomic E-state index is -0.0277. The fourth-order valence-electron chi connectivity index (χ4n) is 3.32. The SMILES string of the molecule is Cc1ccccc1-c1ccccc1CN(C)C(C)(C)c1ccccc1.Cl. The van der Waals surface area contributed by atoms with Crippen molar-refractivity contribution in [3.05, 3.63) is 95.6 Å². The Labute approximate surface area is 164 Å². The van der Waals surface area contributed by atoms with Gasteiger partial charge in [-0.3, -0.25) is 4.90 Å². The Morgan fingerprint density at radius 2 is 1.27 bits per heavy atom. The van der Waals surface area contributed by atoms with Gasteiger partial charge in [0, 0.05) is 12.1 Å². The fourth-order valence-corrected chi connectivity index (χ4v) is 3.32. The highest BCUT2D eigenvalue weighted by atomic mass is 35.5. The first kappa shape index (κ1) is 20.2. The molecule has 0 aromatic heterocycles. The molecule has 0 aliphatic carbocycles. The van der Waals surface area contributed by atoms with Gasteiger partial charge >= 0.3 is 0 Å². The molecular formula is C24H28ClN. The lowest BCUT2D eigenvalue weighted by Crippen LogP contribution is -2.38. The molecule has 0 heterocycles. The molecule has 0 atom stereocenters. The van der Waals surface area contributed by atoms with Gasteiger partial charge in [0.25, 0.3) is 0 Å². The van der Waals surface area contributed by atoms with Crippen LogP contribution in [0.1, 0.15) is 30.5 Å². The van der Waals surface area contributed by atoms with Gasteiger partial charge in [-0.2, -0.15) is 0 Å². The average Bonchev–Trinajstić information content (AvgIpc) is 2.63. The Hall–Kier alpha value is -2.09. The zero-order valence-electron chi connectivity index (χ0n) is 16.1. The maximum atomic E-state index is 2.43. The first-order chi connectivity index (χ1) is 12.0. The van der Waals surface area contributed by atoms with E-state index in [9.17, 15) is 0 Å². The van der Waals surface area contributed by atoms with Gasteiger partial charge in [-0.1, -0.05) is 78.9 Å². The number of hydrogen-bond acceptors (Lipinski definition) is 1. The monoisotopic (exact) mass is 365 g/mol. The van der Waals surface area contributed by atoms with Crippen LogP contribution >= 0.6 is 12.4 Å². The predicted octanol–water partition coefficient (Wildman–Crippen LogP) is 6.45. The van der Waals surface area contributed by atoms with Crippen LogP contribution in [0.3, 0.4) is 0 Å². The molecule has 0 saturated carbocycles. The zero-order chi connectivity index (χ0) is 17.9. The van der Waals surface area contributed by atoms with E-state index in [2.05, 4.69) is 112 Å². The maximum Gasteiger partial charge on any atom is 0.0404 e. The zero-order valence-corrected chi connectivity index (χ0v) is 16.9. The van der Waals surface area contributed by atoms with Crippen LogP contribution in [-0.4, -0.2) is 11.9 Å². The minimum absolute atomic E-state index is 0. The normalized spacial score (nSPS) is 11.3. The quantitative estimate of drug-likeness (QED) is 0.502. The van der Waals surface area contributed by atoms with Crippen molar-refractivity contribution in [1.82, 2.24) is 4.90 Å². The van der Waals surface area contributed by atoms with Crippen LogP contribution in [0, 0.1) is 6.92 Å². The molecule has 3 rings (SSSR count). The maximum absolute atomic E-state index is 2.43. The van der Waals surface area contributed by atoms with Gasteiger partial charge in [0.1, 0.15) is 0 Å². The topological polar surface area (TPSA) is 3.24 Å². The van der Waals surface area contributed by atoms with E-state index in [1.54, 1.807) is 0 Å². The molecule has 1 nitrogen and oxygen atoms in total. The number of hydrogen-bond donors (Lipinski definition) is 0. The molecule has 3 aromatic rings. The van der Waals surface area contributed by atoms with Gasteiger partial charge in [-0.25, -0.2) is 0 Å². The Morgan fingerprint density at radius 1 is 0.731 bits per heavy atom. The molecule has 26 heavy (non-hydrogen) atoms. The van der Waals surface area contributed by atoms with Crippen LogP contribution in [0.5, 0.6) is 0 Å². The number of nitrogens with zero attached hydrogens (tertiary/aromatic N) is 1. The summed E-state index contributed by atoms with van der Waals surface area (Å²) in [5, 5.41) is 0. The van der Waals surface area contributed by atoms with Crippen molar-refractivity contribution < 1.29 is 0 Å². The van der Waals surface area contributed by atoms with Crippen LogP contribution in [0.15, 0.2) is 78.9 Å². The fraction of sp³-hybridized carbons (Fsp3) is 0.250. The van der Waals surface area contributed by atoms with E-state index >= 15 is 0 Å². The van der Waals surface area contributed by atoms with Crippen molar-refractivity contribution >= 4 is 12.4 Å². The van der Waals surface area contributed by atoms with Crippen molar-refractivity contribution in [3.8, 4) is 11.1 Å². The lowest BCUT2D eigenvalue weighted by atomic mass is 9.91. The summed E-state index contributed by atoms with van der Waals surface area (Å²) in [6.45, 7) is 7.67. The average molecular weight is 366 g/mol. The largest absolute Gasteiger partial charge is 0.293 e. The van der Waals surface area contributed by atoms with Crippen molar-refractivity contribution in [2.45, 2.75) is 32.9 Å². The van der Waals surface area contributed by atoms with Crippen molar-refractivity contribution in [2.24, 2.45) is 0 Å². The van der Waals surface area contributed by atoms with Crippen molar-refractivity contribution in [3.63, 3.8) is 0 Å². The summed E-state index contributed by atoms with van der Waals surface area (Å²) < 4.78 is 0. The molecule has 0 saturated heterocycles. The Balaban J connectivity index is 0.00000243. The second-order valence-corrected chi connectivity index (χ2v) is 7.25. The lowest BCUT2D eigenvalue weighted by Gasteiger charge is -2.36. The summed E-state index contributed by atoms with van der Waals surface area (Å²) in [4.78, 5) is 2.43. The Kier molecular flexibility index (Phi) is 6.63. The molecule has 0 spiro atoms. The summed E-state index contributed by atoms with van der Waals surface area (Å²) in [6, 6.07) is 28.1. The Morgan fingerprint density at radius 3 is 1.92 bits per heavy atom. The first-order valence-corrected chi connectivity index (χ1v) is 8.91. The third-order valence-corrected chi connectivity index (χ3v) is 5.29. The van der Waals surface area contributed by atoms with Crippen LogP contribution in [0.25, 0.3) is 11.1 Å². The smallest absolute Gasteiger partial charge is 0.0404 e. The number of aryl methyl sites for hydroxylation is 1. The van der Waals surface area contributed by atoms with Crippen LogP contribution < -0.4 is 0 Å². The van der Waals surface area contributed by atoms with Crippen molar-refractivity contribution in [2.75, 3.05) is 7.05 Å². The summed E-state index contributed by atoms with van der Waals surface area (Å²) in [5.74, 6) is 0. The summed E-state index contributed by atoms with van der Waals surface area (Å²) >= 11 is 0. The molecule has 0 N–H and O–H groups in total. The van der Waals surface area contributed by atoms with Crippen LogP contribution in [0.4, 0.5) is 0 Å². The van der Waals surface area contributed by atoms with E-state index in [-0.39, 0.29) is 17.9 Å². The molecule has 0 unspecified atom stereocenters. The molecule has 0 fully saturated rings. The number of halogens is 1. The van der Waals surface area contributed by atoms with E-state index in [1.165, 1.54) is 27.8 Å². The van der Waals surface area contributed by atoms with E-state index < -0.39 is 0 Å². The number of benzene rings is 3. The lowest BCUT2D eigenvalue weighted by molar-refractivity contribution is 0.148. The molecule has 2 heteroatoms. The van der Waals surface area contributed by atoms with Crippen molar-refractivity contribution in [1.29, 1.82) is 0 Å². The molecular weight excluding hydrogens is 338 g/mol. The Bertz CT molecular complexity index is 840. The predicted molar refractivity (Wildman–Crippen MR) is 115 cm³/mol. The van der Waals surface area contributed by atoms with E-state index in [1.807, 2.05) is 0 Å². The first-order valence-electron chi connectivity index (χ1n) is 8.91. The van der Waals surface area contributed by atoms with E-state index in [0.717, 1.165) is 6.54 Å². The third-order valence-electron chi connectivity index (χ3n) is 5.29. The second-order valence-electron chi connectivity index (χ2n) is 7.25. The summed E-state index contributed by atoms with van der Waals surface area (Å²) in [5.41, 5.74) is 6.65. The van der Waals surface area contributed by atoms with Crippen LogP contribution in [0.2, 0.25) is 0 Å². The van der Waals surface area contributed by atoms with E-state index in [4.69, 9.17) is 0 Å². The molecule has 0 amide bonds. The van der Waals surface area contributed by atoms with Gasteiger partial charge in [0.2, 0.25) is 0 Å². The molecule has 3 aromatic carbocycles. The van der Waals surface area contributed by atoms with Gasteiger partial charge in [-0.05, 0) is 55.6 Å². The third kappa shape index (κ3) is 4.17. The highest BCUT2D eigenvalue weighted by Crippen LogP contribution is 2.31. The standard InChI is InChI=1S/C24H27N.ClH/c1-19-12-8-10-16-22(19)23-17-11-9-13-20(23)18-25(4)24(2,3)21-14-6-5-7-15-21;/h5-17H,18H2,1-4H3;1H. The molecule has 0 bridgehead atoms.